The van der Waals surface area contributed by atoms with Gasteiger partial charge in [-0.1, -0.05) is 0 Å². The number of carbonyl (C=O) groups is 1. The highest BCUT2D eigenvalue weighted by molar-refractivity contribution is 7.93. The van der Waals surface area contributed by atoms with Crippen molar-refractivity contribution in [2.24, 2.45) is 0 Å². The van der Waals surface area contributed by atoms with Gasteiger partial charge in [0.15, 0.2) is 5.13 Å². The number of aromatic nitrogens is 2. The zero-order valence-electron chi connectivity index (χ0n) is 19.0. The van der Waals surface area contributed by atoms with Crippen molar-refractivity contribution in [2.45, 2.75) is 17.9 Å². The highest BCUT2D eigenvalue weighted by Crippen LogP contribution is 2.25. The molecule has 3 heterocycles. The number of amides is 1. The Balaban J connectivity index is 1.22. The molecule has 1 atom stereocenters. The van der Waals surface area contributed by atoms with Crippen molar-refractivity contribution < 1.29 is 17.6 Å². The molecule has 1 unspecified atom stereocenters. The smallest absolute Gasteiger partial charge is 0.263 e. The van der Waals surface area contributed by atoms with E-state index in [0.29, 0.717) is 36.8 Å². The lowest BCUT2D eigenvalue weighted by atomic mass is 10.2. The Morgan fingerprint density at radius 1 is 1.09 bits per heavy atom. The summed E-state index contributed by atoms with van der Waals surface area (Å²) in [6.07, 6.45) is 3.36. The van der Waals surface area contributed by atoms with Crippen molar-refractivity contribution in [3.05, 3.63) is 72.1 Å². The average molecular weight is 514 g/mol. The van der Waals surface area contributed by atoms with Crippen LogP contribution in [-0.4, -0.2) is 55.0 Å². The number of anilines is 2. The molecule has 2 aromatic carbocycles. The molecule has 0 radical (unpaired) electrons. The number of fused-ring (bicyclic) bond motifs is 1. The first-order valence-corrected chi connectivity index (χ1v) is 13.5. The zero-order chi connectivity index (χ0) is 24.6. The average Bonchev–Trinajstić information content (AvgIpc) is 3.52. The zero-order valence-corrected chi connectivity index (χ0v) is 20.6. The molecule has 11 heteroatoms. The van der Waals surface area contributed by atoms with E-state index in [0.717, 1.165) is 11.1 Å². The molecule has 35 heavy (non-hydrogen) atoms. The Hall–Kier alpha value is -3.44. The molecule has 0 saturated carbocycles. The second-order valence-electron chi connectivity index (χ2n) is 8.35. The first-order chi connectivity index (χ1) is 16.8. The summed E-state index contributed by atoms with van der Waals surface area (Å²) in [5, 5.41) is 2.91. The van der Waals surface area contributed by atoms with Crippen LogP contribution in [0.2, 0.25) is 0 Å². The third kappa shape index (κ3) is 4.73. The summed E-state index contributed by atoms with van der Waals surface area (Å²) in [5.41, 5.74) is 1.59. The fourth-order valence-corrected chi connectivity index (χ4v) is 6.10. The van der Waals surface area contributed by atoms with E-state index in [1.807, 2.05) is 28.7 Å². The number of piperazine rings is 1. The molecule has 0 aliphatic carbocycles. The topological polar surface area (TPSA) is 87.5 Å². The van der Waals surface area contributed by atoms with Crippen molar-refractivity contribution in [2.75, 3.05) is 35.8 Å². The van der Waals surface area contributed by atoms with Gasteiger partial charge in [-0.3, -0.25) is 9.52 Å². The van der Waals surface area contributed by atoms with Gasteiger partial charge in [-0.2, -0.15) is 0 Å². The van der Waals surface area contributed by atoms with Crippen molar-refractivity contribution in [1.82, 2.24) is 14.5 Å². The van der Waals surface area contributed by atoms with E-state index < -0.39 is 16.1 Å². The van der Waals surface area contributed by atoms with Crippen molar-refractivity contribution in [3.8, 4) is 0 Å². The van der Waals surface area contributed by atoms with E-state index >= 15 is 0 Å². The first-order valence-electron chi connectivity index (χ1n) is 11.1. The monoisotopic (exact) mass is 513 g/mol. The highest BCUT2D eigenvalue weighted by atomic mass is 32.2. The van der Waals surface area contributed by atoms with Gasteiger partial charge in [0.2, 0.25) is 5.91 Å². The van der Waals surface area contributed by atoms with Crippen molar-refractivity contribution >= 4 is 49.0 Å². The molecule has 8 nitrogen and oxygen atoms in total. The molecule has 2 aromatic heterocycles. The van der Waals surface area contributed by atoms with Gasteiger partial charge < -0.3 is 14.4 Å². The normalized spacial score (nSPS) is 15.4. The van der Waals surface area contributed by atoms with Crippen LogP contribution in [0.1, 0.15) is 13.0 Å². The predicted octanol–water partition coefficient (Wildman–Crippen LogP) is 3.95. The Morgan fingerprint density at radius 2 is 1.83 bits per heavy atom. The maximum atomic E-state index is 13.7. The number of benzene rings is 2. The molecule has 5 rings (SSSR count). The van der Waals surface area contributed by atoms with Crippen LogP contribution >= 0.6 is 11.3 Å². The van der Waals surface area contributed by atoms with Crippen LogP contribution in [0.4, 0.5) is 15.2 Å². The summed E-state index contributed by atoms with van der Waals surface area (Å²) in [6, 6.07) is 12.7. The van der Waals surface area contributed by atoms with Crippen LogP contribution < -0.4 is 9.62 Å². The van der Waals surface area contributed by atoms with E-state index in [1.54, 1.807) is 35.7 Å². The molecule has 182 valence electrons. The number of thiazole rings is 1. The van der Waals surface area contributed by atoms with Crippen LogP contribution in [0.5, 0.6) is 0 Å². The highest BCUT2D eigenvalue weighted by Gasteiger charge is 2.27. The second kappa shape index (κ2) is 9.31. The van der Waals surface area contributed by atoms with Crippen molar-refractivity contribution in [1.29, 1.82) is 0 Å². The molecule has 0 bridgehead atoms. The molecule has 1 amide bonds. The van der Waals surface area contributed by atoms with E-state index in [-0.39, 0.29) is 16.6 Å². The van der Waals surface area contributed by atoms with Crippen LogP contribution in [-0.2, 0) is 14.8 Å². The van der Waals surface area contributed by atoms with Crippen LogP contribution in [0.25, 0.3) is 10.9 Å². The first kappa shape index (κ1) is 23.3. The summed E-state index contributed by atoms with van der Waals surface area (Å²) in [5.74, 6) is -0.343. The minimum atomic E-state index is -3.70. The molecule has 1 saturated heterocycles. The Labute approximate surface area is 206 Å². The molecule has 0 spiro atoms. The number of nitrogens with zero attached hydrogens (tertiary/aromatic N) is 4. The number of rotatable bonds is 6. The van der Waals surface area contributed by atoms with Gasteiger partial charge in [0.1, 0.15) is 11.9 Å². The maximum Gasteiger partial charge on any atom is 0.263 e. The minimum Gasteiger partial charge on any atom is -0.368 e. The number of hydrogen-bond donors (Lipinski definition) is 1. The molecule has 1 fully saturated rings. The summed E-state index contributed by atoms with van der Waals surface area (Å²) in [6.45, 7) is 4.18. The summed E-state index contributed by atoms with van der Waals surface area (Å²) >= 11 is 1.21. The molecule has 1 N–H and O–H groups in total. The van der Waals surface area contributed by atoms with E-state index in [9.17, 15) is 17.6 Å². The Bertz CT molecular complexity index is 1440. The van der Waals surface area contributed by atoms with Crippen molar-refractivity contribution in [3.63, 3.8) is 0 Å². The lowest BCUT2D eigenvalue weighted by Gasteiger charge is -2.37. The number of nitrogens with one attached hydrogen (secondary N) is 1. The Kier molecular flexibility index (Phi) is 6.20. The molecule has 4 aromatic rings. The van der Waals surface area contributed by atoms with E-state index in [4.69, 9.17) is 0 Å². The number of carbonyl (C=O) groups excluding carboxylic acids is 1. The lowest BCUT2D eigenvalue weighted by Crippen LogP contribution is -2.50. The Morgan fingerprint density at radius 3 is 2.51 bits per heavy atom. The molecular weight excluding hydrogens is 489 g/mol. The van der Waals surface area contributed by atoms with Gasteiger partial charge in [0.05, 0.1) is 10.4 Å². The summed E-state index contributed by atoms with van der Waals surface area (Å²) in [4.78, 5) is 21.2. The van der Waals surface area contributed by atoms with Crippen LogP contribution in [0.15, 0.2) is 71.2 Å². The van der Waals surface area contributed by atoms with Gasteiger partial charge in [0, 0.05) is 49.6 Å². The van der Waals surface area contributed by atoms with Gasteiger partial charge in [-0.05, 0) is 60.8 Å². The van der Waals surface area contributed by atoms with Crippen LogP contribution in [0.3, 0.4) is 0 Å². The summed E-state index contributed by atoms with van der Waals surface area (Å²) in [7, 11) is -3.70. The SMILES string of the molecule is CC(C(=O)N1CCN(c2ccc(S(=O)(=O)Nc3nccs3)cc2)CC1)n1ccc2ccc(F)cc21. The van der Waals surface area contributed by atoms with Gasteiger partial charge in [0.25, 0.3) is 10.0 Å². The van der Waals surface area contributed by atoms with E-state index in [1.165, 1.54) is 29.7 Å². The largest absolute Gasteiger partial charge is 0.368 e. The molecule has 1 aliphatic heterocycles. The number of halogens is 1. The third-order valence-electron chi connectivity index (χ3n) is 6.22. The molecule has 1 aliphatic rings. The fourth-order valence-electron chi connectivity index (χ4n) is 4.31. The van der Waals surface area contributed by atoms with Crippen LogP contribution in [0, 0.1) is 5.82 Å². The predicted molar refractivity (Wildman–Crippen MR) is 135 cm³/mol. The minimum absolute atomic E-state index is 0.0129. The lowest BCUT2D eigenvalue weighted by molar-refractivity contribution is -0.134. The quantitative estimate of drug-likeness (QED) is 0.422. The second-order valence-corrected chi connectivity index (χ2v) is 10.9. The van der Waals surface area contributed by atoms with Gasteiger partial charge in [-0.25, -0.2) is 17.8 Å². The third-order valence-corrected chi connectivity index (χ3v) is 8.39. The summed E-state index contributed by atoms with van der Waals surface area (Å²) < 4.78 is 43.1. The van der Waals surface area contributed by atoms with Gasteiger partial charge >= 0.3 is 0 Å². The standard InChI is InChI=1S/C24H24FN5O3S2/c1-17(30-10-8-18-2-3-19(25)16-22(18)30)23(31)29-13-11-28(12-14-29)20-4-6-21(7-5-20)35(32,33)27-24-26-9-15-34-24/h2-10,15-17H,11-14H2,1H3,(H,26,27). The van der Waals surface area contributed by atoms with E-state index in [2.05, 4.69) is 14.6 Å². The number of hydrogen-bond acceptors (Lipinski definition) is 6. The molecular formula is C24H24FN5O3S2. The van der Waals surface area contributed by atoms with Gasteiger partial charge in [-0.15, -0.1) is 11.3 Å². The maximum absolute atomic E-state index is 13.7. The number of sulfonamides is 1. The fraction of sp³-hybridized carbons (Fsp3) is 0.250.